The normalized spacial score (nSPS) is 15.9. The number of rotatable bonds is 6. The standard InChI is InChI=1S/C25H22O4/c26-15-18-2-1-3-20(12-18)19-6-4-17(5-7-19)13-24(27)25(10-11-25)21-8-9-22-23(14-21)29-16-28-22/h1-9,12,14,26H,10-11,13,15-16H2. The van der Waals surface area contributed by atoms with E-state index in [1.54, 1.807) is 0 Å². The number of hydrogen-bond acceptors (Lipinski definition) is 4. The molecule has 5 rings (SSSR count). The second-order valence-corrected chi connectivity index (χ2v) is 7.81. The number of benzene rings is 3. The minimum atomic E-state index is -0.380. The summed E-state index contributed by atoms with van der Waals surface area (Å²) in [6, 6.07) is 21.8. The molecule has 1 fully saturated rings. The Balaban J connectivity index is 1.33. The zero-order chi connectivity index (χ0) is 19.8. The molecule has 146 valence electrons. The van der Waals surface area contributed by atoms with Crippen molar-refractivity contribution in [2.24, 2.45) is 0 Å². The van der Waals surface area contributed by atoms with Crippen LogP contribution in [-0.2, 0) is 23.2 Å². The lowest BCUT2D eigenvalue weighted by molar-refractivity contribution is -0.120. The van der Waals surface area contributed by atoms with Gasteiger partial charge in [-0.15, -0.1) is 0 Å². The highest BCUT2D eigenvalue weighted by Crippen LogP contribution is 2.51. The van der Waals surface area contributed by atoms with Gasteiger partial charge in [0.05, 0.1) is 12.0 Å². The van der Waals surface area contributed by atoms with Crippen LogP contribution in [0.4, 0.5) is 0 Å². The molecule has 4 heteroatoms. The van der Waals surface area contributed by atoms with Gasteiger partial charge >= 0.3 is 0 Å². The zero-order valence-electron chi connectivity index (χ0n) is 16.1. The Morgan fingerprint density at radius 3 is 2.41 bits per heavy atom. The maximum absolute atomic E-state index is 13.1. The first kappa shape index (κ1) is 18.0. The second-order valence-electron chi connectivity index (χ2n) is 7.81. The lowest BCUT2D eigenvalue weighted by Gasteiger charge is -2.15. The molecule has 3 aromatic rings. The van der Waals surface area contributed by atoms with Crippen LogP contribution in [0.5, 0.6) is 11.5 Å². The minimum Gasteiger partial charge on any atom is -0.454 e. The molecule has 0 spiro atoms. The summed E-state index contributed by atoms with van der Waals surface area (Å²) < 4.78 is 10.9. The van der Waals surface area contributed by atoms with Gasteiger partial charge in [0, 0.05) is 6.42 Å². The van der Waals surface area contributed by atoms with Gasteiger partial charge in [-0.2, -0.15) is 0 Å². The number of aliphatic hydroxyl groups excluding tert-OH is 1. The molecule has 2 aliphatic rings. The quantitative estimate of drug-likeness (QED) is 0.681. The first-order valence-electron chi connectivity index (χ1n) is 9.90. The van der Waals surface area contributed by atoms with E-state index in [2.05, 4.69) is 0 Å². The minimum absolute atomic E-state index is 0.0301. The van der Waals surface area contributed by atoms with Gasteiger partial charge in [0.1, 0.15) is 5.78 Å². The van der Waals surface area contributed by atoms with E-state index in [1.165, 1.54) is 0 Å². The van der Waals surface area contributed by atoms with E-state index in [4.69, 9.17) is 9.47 Å². The van der Waals surface area contributed by atoms with E-state index in [-0.39, 0.29) is 24.6 Å². The van der Waals surface area contributed by atoms with Gasteiger partial charge < -0.3 is 14.6 Å². The topological polar surface area (TPSA) is 55.8 Å². The molecule has 0 bridgehead atoms. The molecule has 0 amide bonds. The largest absolute Gasteiger partial charge is 0.454 e. The van der Waals surface area contributed by atoms with Crippen LogP contribution in [0.25, 0.3) is 11.1 Å². The molecule has 1 N–H and O–H groups in total. The predicted octanol–water partition coefficient (Wildman–Crippen LogP) is 4.42. The summed E-state index contributed by atoms with van der Waals surface area (Å²) in [7, 11) is 0. The van der Waals surface area contributed by atoms with Crippen molar-refractivity contribution in [3.8, 4) is 22.6 Å². The number of aliphatic hydroxyl groups is 1. The number of ether oxygens (including phenoxy) is 2. The third kappa shape index (κ3) is 3.30. The lowest BCUT2D eigenvalue weighted by atomic mass is 9.87. The van der Waals surface area contributed by atoms with Crippen molar-refractivity contribution in [1.82, 2.24) is 0 Å². The fourth-order valence-corrected chi connectivity index (χ4v) is 4.07. The fraction of sp³-hybridized carbons (Fsp3) is 0.240. The van der Waals surface area contributed by atoms with E-state index >= 15 is 0 Å². The summed E-state index contributed by atoms with van der Waals surface area (Å²) in [4.78, 5) is 13.1. The molecular weight excluding hydrogens is 364 g/mol. The Hall–Kier alpha value is -3.11. The number of carbonyl (C=O) groups is 1. The van der Waals surface area contributed by atoms with Crippen molar-refractivity contribution in [2.75, 3.05) is 6.79 Å². The van der Waals surface area contributed by atoms with Crippen molar-refractivity contribution in [3.63, 3.8) is 0 Å². The van der Waals surface area contributed by atoms with Gasteiger partial charge in [0.2, 0.25) is 6.79 Å². The van der Waals surface area contributed by atoms with Crippen LogP contribution in [0.3, 0.4) is 0 Å². The molecule has 1 aliphatic carbocycles. The van der Waals surface area contributed by atoms with E-state index in [0.29, 0.717) is 6.42 Å². The van der Waals surface area contributed by atoms with Crippen molar-refractivity contribution >= 4 is 5.78 Å². The van der Waals surface area contributed by atoms with Crippen LogP contribution < -0.4 is 9.47 Å². The first-order valence-corrected chi connectivity index (χ1v) is 9.90. The van der Waals surface area contributed by atoms with E-state index in [9.17, 15) is 9.90 Å². The summed E-state index contributed by atoms with van der Waals surface area (Å²) in [6.07, 6.45) is 2.19. The Morgan fingerprint density at radius 2 is 1.66 bits per heavy atom. The molecule has 0 unspecified atom stereocenters. The highest BCUT2D eigenvalue weighted by molar-refractivity contribution is 5.94. The van der Waals surface area contributed by atoms with Crippen LogP contribution in [0, 0.1) is 0 Å². The summed E-state index contributed by atoms with van der Waals surface area (Å²) >= 11 is 0. The average Bonchev–Trinajstić information content (AvgIpc) is 3.45. The SMILES string of the molecule is O=C(Cc1ccc(-c2cccc(CO)c2)cc1)C1(c2ccc3c(c2)OCO3)CC1. The second kappa shape index (κ2) is 7.05. The van der Waals surface area contributed by atoms with Crippen LogP contribution in [0.2, 0.25) is 0 Å². The predicted molar refractivity (Wildman–Crippen MR) is 110 cm³/mol. The number of ketones is 1. The molecule has 0 atom stereocenters. The smallest absolute Gasteiger partial charge is 0.231 e. The van der Waals surface area contributed by atoms with Crippen molar-refractivity contribution in [1.29, 1.82) is 0 Å². The van der Waals surface area contributed by atoms with Crippen LogP contribution in [0.15, 0.2) is 66.7 Å². The Kier molecular flexibility index (Phi) is 4.36. The zero-order valence-corrected chi connectivity index (χ0v) is 16.1. The first-order chi connectivity index (χ1) is 14.2. The third-order valence-electron chi connectivity index (χ3n) is 5.97. The highest BCUT2D eigenvalue weighted by Gasteiger charge is 2.50. The number of hydrogen-bond donors (Lipinski definition) is 1. The van der Waals surface area contributed by atoms with Crippen molar-refractivity contribution < 1.29 is 19.4 Å². The van der Waals surface area contributed by atoms with Crippen LogP contribution in [0.1, 0.15) is 29.5 Å². The van der Waals surface area contributed by atoms with Crippen LogP contribution in [-0.4, -0.2) is 17.7 Å². The average molecular weight is 386 g/mol. The van der Waals surface area contributed by atoms with Gasteiger partial charge in [0.15, 0.2) is 11.5 Å². The molecule has 0 radical (unpaired) electrons. The summed E-state index contributed by atoms with van der Waals surface area (Å²) in [5.74, 6) is 1.74. The maximum Gasteiger partial charge on any atom is 0.231 e. The fourth-order valence-electron chi connectivity index (χ4n) is 4.07. The molecule has 1 aliphatic heterocycles. The summed E-state index contributed by atoms with van der Waals surface area (Å²) in [5, 5.41) is 9.33. The third-order valence-corrected chi connectivity index (χ3v) is 5.97. The molecule has 1 saturated carbocycles. The van der Waals surface area contributed by atoms with Crippen molar-refractivity contribution in [3.05, 3.63) is 83.4 Å². The summed E-state index contributed by atoms with van der Waals surface area (Å²) in [5.41, 5.74) is 4.70. The van der Waals surface area contributed by atoms with E-state index < -0.39 is 0 Å². The van der Waals surface area contributed by atoms with Gasteiger partial charge in [-0.3, -0.25) is 4.79 Å². The van der Waals surface area contributed by atoms with Crippen LogP contribution >= 0.6 is 0 Å². The Labute approximate surface area is 169 Å². The van der Waals surface area contributed by atoms with Crippen molar-refractivity contribution in [2.45, 2.75) is 31.3 Å². The summed E-state index contributed by atoms with van der Waals surface area (Å²) in [6.45, 7) is 0.273. The number of Topliss-reactive ketones (excluding diaryl/α,β-unsaturated/α-hetero) is 1. The monoisotopic (exact) mass is 386 g/mol. The molecular formula is C25H22O4. The molecule has 1 heterocycles. The molecule has 0 aromatic heterocycles. The van der Waals surface area contributed by atoms with Gasteiger partial charge in [0.25, 0.3) is 0 Å². The number of carbonyl (C=O) groups excluding carboxylic acids is 1. The van der Waals surface area contributed by atoms with E-state index in [1.807, 2.05) is 66.7 Å². The molecule has 3 aromatic carbocycles. The molecule has 4 nitrogen and oxygen atoms in total. The maximum atomic E-state index is 13.1. The van der Waals surface area contributed by atoms with Gasteiger partial charge in [-0.1, -0.05) is 48.5 Å². The molecule has 29 heavy (non-hydrogen) atoms. The Morgan fingerprint density at radius 1 is 0.862 bits per heavy atom. The molecule has 0 saturated heterocycles. The van der Waals surface area contributed by atoms with E-state index in [0.717, 1.165) is 52.2 Å². The Bertz CT molecular complexity index is 1060. The lowest BCUT2D eigenvalue weighted by Crippen LogP contribution is -2.22. The van der Waals surface area contributed by atoms with Gasteiger partial charge in [-0.05, 0) is 58.9 Å². The van der Waals surface area contributed by atoms with Gasteiger partial charge in [-0.25, -0.2) is 0 Å². The number of fused-ring (bicyclic) bond motifs is 1. The highest BCUT2D eigenvalue weighted by atomic mass is 16.7.